The second kappa shape index (κ2) is 3.10. The summed E-state index contributed by atoms with van der Waals surface area (Å²) in [6.45, 7) is 2.30. The third-order valence-corrected chi connectivity index (χ3v) is 2.81. The van der Waals surface area contributed by atoms with Crippen LogP contribution in [0.25, 0.3) is 0 Å². The van der Waals surface area contributed by atoms with Crippen molar-refractivity contribution < 1.29 is 0 Å². The molecule has 2 fully saturated rings. The maximum absolute atomic E-state index is 3.62. The molecule has 0 aromatic rings. The van der Waals surface area contributed by atoms with E-state index >= 15 is 0 Å². The van der Waals surface area contributed by atoms with Gasteiger partial charge in [-0.05, 0) is 32.1 Å². The minimum absolute atomic E-state index is 0. The van der Waals surface area contributed by atoms with Crippen LogP contribution >= 0.6 is 12.4 Å². The average Bonchev–Trinajstić information content (AvgIpc) is 2.22. The third kappa shape index (κ3) is 1.30. The number of nitrogens with one attached hydrogen (secondary N) is 1. The van der Waals surface area contributed by atoms with E-state index in [0.29, 0.717) is 0 Å². The van der Waals surface area contributed by atoms with E-state index in [2.05, 4.69) is 12.2 Å². The monoisotopic (exact) mass is 161 g/mol. The highest BCUT2D eigenvalue weighted by Crippen LogP contribution is 2.34. The highest BCUT2D eigenvalue weighted by molar-refractivity contribution is 5.85. The van der Waals surface area contributed by atoms with Gasteiger partial charge in [-0.2, -0.15) is 0 Å². The van der Waals surface area contributed by atoms with Crippen molar-refractivity contribution in [2.45, 2.75) is 44.7 Å². The molecule has 1 aliphatic heterocycles. The summed E-state index contributed by atoms with van der Waals surface area (Å²) in [6, 6.07) is 1.71. The Kier molecular flexibility index (Phi) is 2.59. The van der Waals surface area contributed by atoms with E-state index < -0.39 is 0 Å². The molecule has 2 rings (SSSR count). The van der Waals surface area contributed by atoms with Gasteiger partial charge in [0.05, 0.1) is 0 Å². The van der Waals surface area contributed by atoms with Gasteiger partial charge in [0.1, 0.15) is 0 Å². The fourth-order valence-electron chi connectivity index (χ4n) is 2.43. The van der Waals surface area contributed by atoms with Crippen molar-refractivity contribution in [3.8, 4) is 0 Å². The Bertz CT molecular complexity index is 104. The van der Waals surface area contributed by atoms with E-state index in [-0.39, 0.29) is 12.4 Å². The van der Waals surface area contributed by atoms with Crippen LogP contribution in [-0.4, -0.2) is 12.1 Å². The molecule has 0 radical (unpaired) electrons. The number of hydrogen-bond donors (Lipinski definition) is 1. The summed E-state index contributed by atoms with van der Waals surface area (Å²) < 4.78 is 0. The van der Waals surface area contributed by atoms with Gasteiger partial charge in [-0.15, -0.1) is 12.4 Å². The Labute approximate surface area is 69.0 Å². The molecule has 1 heterocycles. The molecular formula is C8H16ClN. The van der Waals surface area contributed by atoms with Crippen LogP contribution in [0.5, 0.6) is 0 Å². The van der Waals surface area contributed by atoms with Crippen molar-refractivity contribution in [1.29, 1.82) is 0 Å². The summed E-state index contributed by atoms with van der Waals surface area (Å²) in [5.41, 5.74) is 0. The summed E-state index contributed by atoms with van der Waals surface area (Å²) in [4.78, 5) is 0. The number of hydrogen-bond acceptors (Lipinski definition) is 1. The van der Waals surface area contributed by atoms with Gasteiger partial charge in [0.2, 0.25) is 0 Å². The average molecular weight is 162 g/mol. The van der Waals surface area contributed by atoms with Crippen molar-refractivity contribution in [2.24, 2.45) is 5.92 Å². The van der Waals surface area contributed by atoms with Crippen molar-refractivity contribution in [1.82, 2.24) is 5.32 Å². The molecule has 1 saturated heterocycles. The van der Waals surface area contributed by atoms with Crippen LogP contribution in [0.4, 0.5) is 0 Å². The fraction of sp³-hybridized carbons (Fsp3) is 1.00. The Morgan fingerprint density at radius 1 is 1.30 bits per heavy atom. The van der Waals surface area contributed by atoms with Gasteiger partial charge in [-0.3, -0.25) is 0 Å². The van der Waals surface area contributed by atoms with Gasteiger partial charge in [0.25, 0.3) is 0 Å². The highest BCUT2D eigenvalue weighted by atomic mass is 35.5. The third-order valence-electron chi connectivity index (χ3n) is 2.81. The predicted octanol–water partition coefficient (Wildman–Crippen LogP) is 1.96. The van der Waals surface area contributed by atoms with Crippen LogP contribution in [0.3, 0.4) is 0 Å². The Balaban J connectivity index is 0.000000500. The van der Waals surface area contributed by atoms with Crippen molar-refractivity contribution in [3.63, 3.8) is 0 Å². The molecule has 0 aromatic heterocycles. The molecule has 3 atom stereocenters. The van der Waals surface area contributed by atoms with E-state index in [1.54, 1.807) is 0 Å². The molecule has 1 N–H and O–H groups in total. The van der Waals surface area contributed by atoms with Crippen LogP contribution in [0, 0.1) is 5.92 Å². The second-order valence-corrected chi connectivity index (χ2v) is 3.60. The molecule has 10 heavy (non-hydrogen) atoms. The Morgan fingerprint density at radius 2 is 2.10 bits per heavy atom. The second-order valence-electron chi connectivity index (χ2n) is 3.60. The van der Waals surface area contributed by atoms with Crippen molar-refractivity contribution in [3.05, 3.63) is 0 Å². The Morgan fingerprint density at radius 3 is 2.80 bits per heavy atom. The van der Waals surface area contributed by atoms with Gasteiger partial charge in [-0.25, -0.2) is 0 Å². The lowest BCUT2D eigenvalue weighted by Crippen LogP contribution is -2.26. The first kappa shape index (κ1) is 8.35. The van der Waals surface area contributed by atoms with Crippen molar-refractivity contribution in [2.75, 3.05) is 0 Å². The quantitative estimate of drug-likeness (QED) is 0.573. The molecule has 0 amide bonds. The number of rotatable bonds is 0. The van der Waals surface area contributed by atoms with E-state index in [9.17, 15) is 0 Å². The lowest BCUT2D eigenvalue weighted by atomic mass is 10.0. The van der Waals surface area contributed by atoms with Crippen LogP contribution in [0.2, 0.25) is 0 Å². The van der Waals surface area contributed by atoms with Crippen LogP contribution in [0.15, 0.2) is 0 Å². The van der Waals surface area contributed by atoms with Crippen LogP contribution in [0.1, 0.15) is 32.6 Å². The van der Waals surface area contributed by atoms with Gasteiger partial charge < -0.3 is 5.32 Å². The molecule has 0 bridgehead atoms. The van der Waals surface area contributed by atoms with E-state index in [0.717, 1.165) is 18.0 Å². The maximum atomic E-state index is 3.62. The molecule has 1 nitrogen and oxygen atoms in total. The van der Waals surface area contributed by atoms with E-state index in [4.69, 9.17) is 0 Å². The first-order chi connectivity index (χ1) is 4.36. The lowest BCUT2D eigenvalue weighted by molar-refractivity contribution is 0.518. The molecule has 1 saturated carbocycles. The summed E-state index contributed by atoms with van der Waals surface area (Å²) in [6.07, 6.45) is 5.83. The maximum Gasteiger partial charge on any atom is 0.00983 e. The smallest absolute Gasteiger partial charge is 0.00983 e. The van der Waals surface area contributed by atoms with Gasteiger partial charge in [0, 0.05) is 12.1 Å². The summed E-state index contributed by atoms with van der Waals surface area (Å²) in [5.74, 6) is 1.04. The zero-order valence-corrected chi connectivity index (χ0v) is 7.29. The molecule has 0 spiro atoms. The van der Waals surface area contributed by atoms with E-state index in [1.807, 2.05) is 0 Å². The van der Waals surface area contributed by atoms with E-state index in [1.165, 1.54) is 25.7 Å². The fourth-order valence-corrected chi connectivity index (χ4v) is 2.43. The number of halogens is 1. The lowest BCUT2D eigenvalue weighted by Gasteiger charge is -2.06. The first-order valence-corrected chi connectivity index (χ1v) is 4.12. The molecular weight excluding hydrogens is 146 g/mol. The normalized spacial score (nSPS) is 44.7. The SMILES string of the molecule is C[C@@H]1C[C@@H]2CCC[C@@H]2N1.Cl. The predicted molar refractivity (Wildman–Crippen MR) is 45.6 cm³/mol. The van der Waals surface area contributed by atoms with Crippen molar-refractivity contribution >= 4 is 12.4 Å². The van der Waals surface area contributed by atoms with Crippen LogP contribution < -0.4 is 5.32 Å². The van der Waals surface area contributed by atoms with Gasteiger partial charge >= 0.3 is 0 Å². The van der Waals surface area contributed by atoms with Gasteiger partial charge in [0.15, 0.2) is 0 Å². The molecule has 2 aliphatic rings. The number of fused-ring (bicyclic) bond motifs is 1. The molecule has 1 aliphatic carbocycles. The molecule has 0 unspecified atom stereocenters. The van der Waals surface area contributed by atoms with Gasteiger partial charge in [-0.1, -0.05) is 6.42 Å². The topological polar surface area (TPSA) is 12.0 Å². The summed E-state index contributed by atoms with van der Waals surface area (Å²) in [7, 11) is 0. The molecule has 0 aromatic carbocycles. The Hall–Kier alpha value is 0.250. The first-order valence-electron chi connectivity index (χ1n) is 4.12. The minimum atomic E-state index is 0. The summed E-state index contributed by atoms with van der Waals surface area (Å²) in [5, 5.41) is 3.62. The van der Waals surface area contributed by atoms with Crippen LogP contribution in [-0.2, 0) is 0 Å². The zero-order chi connectivity index (χ0) is 6.27. The molecule has 60 valence electrons. The zero-order valence-electron chi connectivity index (χ0n) is 6.47. The summed E-state index contributed by atoms with van der Waals surface area (Å²) >= 11 is 0. The minimum Gasteiger partial charge on any atom is -0.311 e. The highest BCUT2D eigenvalue weighted by Gasteiger charge is 2.34. The standard InChI is InChI=1S/C8H15N.ClH/c1-6-5-7-3-2-4-8(7)9-6;/h6-9H,2-5H2,1H3;1H/t6-,7+,8+;/m1./s1. The largest absolute Gasteiger partial charge is 0.311 e. The molecule has 2 heteroatoms.